The Morgan fingerprint density at radius 2 is 2.00 bits per heavy atom. The third kappa shape index (κ3) is 4.18. The molecule has 3 aromatic rings. The van der Waals surface area contributed by atoms with Crippen molar-refractivity contribution < 1.29 is 14.6 Å². The number of carboxylic acid groups (broad SMARTS) is 1. The smallest absolute Gasteiger partial charge is 0.336 e. The highest BCUT2D eigenvalue weighted by Gasteiger charge is 2.12. The van der Waals surface area contributed by atoms with Crippen molar-refractivity contribution in [3.05, 3.63) is 87.6 Å². The predicted molar refractivity (Wildman–Crippen MR) is 102 cm³/mol. The summed E-state index contributed by atoms with van der Waals surface area (Å²) in [6, 6.07) is 17.9. The molecule has 0 bridgehead atoms. The van der Waals surface area contributed by atoms with Gasteiger partial charge in [0.15, 0.2) is 0 Å². The van der Waals surface area contributed by atoms with Crippen molar-refractivity contribution in [3.8, 4) is 11.8 Å². The van der Waals surface area contributed by atoms with Crippen LogP contribution in [0.1, 0.15) is 22.3 Å². The lowest BCUT2D eigenvalue weighted by atomic mass is 10.00. The number of benzene rings is 2. The lowest BCUT2D eigenvalue weighted by molar-refractivity contribution is -0.130. The van der Waals surface area contributed by atoms with E-state index >= 15 is 0 Å². The van der Waals surface area contributed by atoms with Crippen LogP contribution in [0.2, 0.25) is 0 Å². The van der Waals surface area contributed by atoms with Gasteiger partial charge in [-0.05, 0) is 57.8 Å². The van der Waals surface area contributed by atoms with Gasteiger partial charge in [0.2, 0.25) is 0 Å². The third-order valence-electron chi connectivity index (χ3n) is 3.74. The fraction of sp³-hybridized carbons (Fsp3) is 0.0476. The first-order valence-corrected chi connectivity index (χ1v) is 8.80. The van der Waals surface area contributed by atoms with Crippen molar-refractivity contribution in [2.75, 3.05) is 0 Å². The van der Waals surface area contributed by atoms with Gasteiger partial charge >= 0.3 is 5.97 Å². The summed E-state index contributed by atoms with van der Waals surface area (Å²) in [6.45, 7) is 0.420. The van der Waals surface area contributed by atoms with E-state index in [0.717, 1.165) is 5.56 Å². The van der Waals surface area contributed by atoms with Gasteiger partial charge in [0.25, 0.3) is 0 Å². The van der Waals surface area contributed by atoms with Gasteiger partial charge in [0.05, 0.1) is 17.2 Å². The number of carboxylic acids is 1. The SMILES string of the molecule is N#Cc1ccc(OCc2ccsc2)cc1/C=C(/C(=O)O)c1ccccc1. The molecule has 0 unspecified atom stereocenters. The van der Waals surface area contributed by atoms with E-state index in [4.69, 9.17) is 4.74 Å². The van der Waals surface area contributed by atoms with Crippen LogP contribution in [-0.2, 0) is 11.4 Å². The summed E-state index contributed by atoms with van der Waals surface area (Å²) in [5.41, 5.74) is 2.66. The van der Waals surface area contributed by atoms with Crippen LogP contribution in [0.4, 0.5) is 0 Å². The summed E-state index contributed by atoms with van der Waals surface area (Å²) >= 11 is 1.60. The molecule has 0 atom stereocenters. The Morgan fingerprint density at radius 1 is 1.19 bits per heavy atom. The summed E-state index contributed by atoms with van der Waals surface area (Å²) < 4.78 is 5.76. The highest BCUT2D eigenvalue weighted by atomic mass is 32.1. The van der Waals surface area contributed by atoms with E-state index in [-0.39, 0.29) is 5.57 Å². The van der Waals surface area contributed by atoms with Crippen molar-refractivity contribution >= 4 is 29.0 Å². The molecule has 4 nitrogen and oxygen atoms in total. The first kappa shape index (κ1) is 17.5. The summed E-state index contributed by atoms with van der Waals surface area (Å²) in [7, 11) is 0. The first-order valence-electron chi connectivity index (χ1n) is 7.86. The molecule has 1 N–H and O–H groups in total. The minimum Gasteiger partial charge on any atom is -0.489 e. The number of carbonyl (C=O) groups is 1. The molecule has 1 heterocycles. The zero-order chi connectivity index (χ0) is 18.4. The minimum atomic E-state index is -1.05. The molecule has 0 saturated heterocycles. The maximum absolute atomic E-state index is 11.7. The number of rotatable bonds is 6. The summed E-state index contributed by atoms with van der Waals surface area (Å²) in [4.78, 5) is 11.7. The van der Waals surface area contributed by atoms with Crippen molar-refractivity contribution in [3.63, 3.8) is 0 Å². The van der Waals surface area contributed by atoms with Gasteiger partial charge in [-0.1, -0.05) is 30.3 Å². The first-order chi connectivity index (χ1) is 12.7. The van der Waals surface area contributed by atoms with Gasteiger partial charge in [-0.3, -0.25) is 0 Å². The molecule has 3 rings (SSSR count). The average Bonchev–Trinajstić information content (AvgIpc) is 3.18. The highest BCUT2D eigenvalue weighted by Crippen LogP contribution is 2.25. The van der Waals surface area contributed by atoms with Crippen molar-refractivity contribution in [2.45, 2.75) is 6.61 Å². The Hall–Kier alpha value is -3.36. The predicted octanol–water partition coefficient (Wildman–Crippen LogP) is 4.82. The number of nitrogens with zero attached hydrogens (tertiary/aromatic N) is 1. The highest BCUT2D eigenvalue weighted by molar-refractivity contribution is 7.07. The number of hydrogen-bond acceptors (Lipinski definition) is 4. The number of nitriles is 1. The standard InChI is InChI=1S/C21H15NO3S/c22-12-17-6-7-19(25-13-15-8-9-26-14-15)10-18(17)11-20(21(23)24)16-4-2-1-3-5-16/h1-11,14H,13H2,(H,23,24)/b20-11+. The van der Waals surface area contributed by atoms with Crippen LogP contribution in [0, 0.1) is 11.3 Å². The lowest BCUT2D eigenvalue weighted by Gasteiger charge is -2.08. The minimum absolute atomic E-state index is 0.122. The second-order valence-corrected chi connectivity index (χ2v) is 6.29. The molecule has 0 aliphatic heterocycles. The van der Waals surface area contributed by atoms with E-state index in [1.807, 2.05) is 22.9 Å². The monoisotopic (exact) mass is 361 g/mol. The molecule has 0 amide bonds. The largest absolute Gasteiger partial charge is 0.489 e. The van der Waals surface area contributed by atoms with Crippen LogP contribution in [0.3, 0.4) is 0 Å². The summed E-state index contributed by atoms with van der Waals surface area (Å²) in [5, 5.41) is 22.9. The lowest BCUT2D eigenvalue weighted by Crippen LogP contribution is -2.00. The van der Waals surface area contributed by atoms with Crippen molar-refractivity contribution in [1.29, 1.82) is 5.26 Å². The van der Waals surface area contributed by atoms with Crippen LogP contribution in [0.5, 0.6) is 5.75 Å². The fourth-order valence-corrected chi connectivity index (χ4v) is 3.09. The Labute approximate surface area is 155 Å². The summed E-state index contributed by atoms with van der Waals surface area (Å²) in [5.74, 6) is -0.469. The Balaban J connectivity index is 1.95. The van der Waals surface area contributed by atoms with E-state index < -0.39 is 5.97 Å². The van der Waals surface area contributed by atoms with Crippen molar-refractivity contribution in [2.24, 2.45) is 0 Å². The molecular weight excluding hydrogens is 346 g/mol. The summed E-state index contributed by atoms with van der Waals surface area (Å²) in [6.07, 6.45) is 1.51. The van der Waals surface area contributed by atoms with Crippen LogP contribution in [0.15, 0.2) is 65.4 Å². The molecule has 0 fully saturated rings. The van der Waals surface area contributed by atoms with Crippen molar-refractivity contribution in [1.82, 2.24) is 0 Å². The van der Waals surface area contributed by atoms with Crippen LogP contribution in [0.25, 0.3) is 11.6 Å². The number of thiophene rings is 1. The quantitative estimate of drug-likeness (QED) is 0.504. The van der Waals surface area contributed by atoms with Gasteiger partial charge in [-0.15, -0.1) is 0 Å². The van der Waals surface area contributed by atoms with Crippen LogP contribution in [-0.4, -0.2) is 11.1 Å². The van der Waals surface area contributed by atoms with Gasteiger partial charge < -0.3 is 9.84 Å². The van der Waals surface area contributed by atoms with Gasteiger partial charge in [0, 0.05) is 0 Å². The van der Waals surface area contributed by atoms with Crippen LogP contribution < -0.4 is 4.74 Å². The average molecular weight is 361 g/mol. The molecule has 0 aliphatic rings. The molecule has 1 aromatic heterocycles. The molecule has 26 heavy (non-hydrogen) atoms. The van der Waals surface area contributed by atoms with E-state index in [0.29, 0.717) is 29.0 Å². The molecule has 0 spiro atoms. The second-order valence-electron chi connectivity index (χ2n) is 5.51. The van der Waals surface area contributed by atoms with Gasteiger partial charge in [-0.2, -0.15) is 16.6 Å². The number of hydrogen-bond donors (Lipinski definition) is 1. The molecule has 5 heteroatoms. The zero-order valence-corrected chi connectivity index (χ0v) is 14.6. The molecular formula is C21H15NO3S. The Morgan fingerprint density at radius 3 is 2.65 bits per heavy atom. The molecule has 2 aromatic carbocycles. The van der Waals surface area contributed by atoms with E-state index in [9.17, 15) is 15.2 Å². The van der Waals surface area contributed by atoms with E-state index in [1.165, 1.54) is 6.08 Å². The van der Waals surface area contributed by atoms with Crippen LogP contribution >= 0.6 is 11.3 Å². The van der Waals surface area contributed by atoms with Gasteiger partial charge in [0.1, 0.15) is 12.4 Å². The zero-order valence-electron chi connectivity index (χ0n) is 13.8. The Kier molecular flexibility index (Phi) is 5.47. The fourth-order valence-electron chi connectivity index (χ4n) is 2.44. The molecule has 0 saturated carbocycles. The molecule has 128 valence electrons. The van der Waals surface area contributed by atoms with E-state index in [2.05, 4.69) is 6.07 Å². The normalized spacial score (nSPS) is 11.0. The third-order valence-corrected chi connectivity index (χ3v) is 4.48. The Bertz CT molecular complexity index is 970. The number of ether oxygens (including phenoxy) is 1. The molecule has 0 aliphatic carbocycles. The topological polar surface area (TPSA) is 70.3 Å². The maximum atomic E-state index is 11.7. The maximum Gasteiger partial charge on any atom is 0.336 e. The van der Waals surface area contributed by atoms with Gasteiger partial charge in [-0.25, -0.2) is 4.79 Å². The van der Waals surface area contributed by atoms with E-state index in [1.54, 1.807) is 53.8 Å². The second kappa shape index (κ2) is 8.15. The molecule has 0 radical (unpaired) electrons. The number of aliphatic carboxylic acids is 1.